The molecule has 82 valence electrons. The Labute approximate surface area is 80.5 Å². The largest absolute Gasteiger partial charge is 0.380 e. The molecule has 0 aromatic heterocycles. The fourth-order valence-corrected chi connectivity index (χ4v) is 0.662. The standard InChI is InChI=1S/C6H10F2O.2C2H6/c1-5(3-9-4-5)6(2,7)8;2*1-2/h3-4H2,1-2H3;2*1-2H3. The van der Waals surface area contributed by atoms with E-state index in [2.05, 4.69) is 4.74 Å². The SMILES string of the molecule is CC.CC.CC(F)(F)C1(C)COC1. The second-order valence-electron chi connectivity index (χ2n) is 2.94. The van der Waals surface area contributed by atoms with E-state index < -0.39 is 11.3 Å². The molecule has 0 bridgehead atoms. The van der Waals surface area contributed by atoms with Gasteiger partial charge in [-0.1, -0.05) is 27.7 Å². The third-order valence-corrected chi connectivity index (χ3v) is 1.90. The minimum Gasteiger partial charge on any atom is -0.380 e. The summed E-state index contributed by atoms with van der Waals surface area (Å²) < 4.78 is 29.6. The lowest BCUT2D eigenvalue weighted by atomic mass is 9.82. The van der Waals surface area contributed by atoms with Crippen LogP contribution >= 0.6 is 0 Å². The van der Waals surface area contributed by atoms with Crippen molar-refractivity contribution in [3.8, 4) is 0 Å². The number of halogens is 2. The molecule has 0 saturated carbocycles. The number of rotatable bonds is 1. The van der Waals surface area contributed by atoms with Gasteiger partial charge >= 0.3 is 0 Å². The van der Waals surface area contributed by atoms with Gasteiger partial charge in [-0.15, -0.1) is 0 Å². The van der Waals surface area contributed by atoms with Crippen LogP contribution in [0, 0.1) is 5.41 Å². The normalized spacial score (nSPS) is 18.5. The van der Waals surface area contributed by atoms with Crippen LogP contribution in [0.15, 0.2) is 0 Å². The number of hydrogen-bond acceptors (Lipinski definition) is 1. The van der Waals surface area contributed by atoms with Crippen molar-refractivity contribution in [3.05, 3.63) is 0 Å². The molecule has 0 unspecified atom stereocenters. The summed E-state index contributed by atoms with van der Waals surface area (Å²) in [5, 5.41) is 0. The monoisotopic (exact) mass is 196 g/mol. The Morgan fingerprint density at radius 2 is 1.38 bits per heavy atom. The van der Waals surface area contributed by atoms with Gasteiger partial charge in [0.05, 0.1) is 18.6 Å². The highest BCUT2D eigenvalue weighted by atomic mass is 19.3. The Morgan fingerprint density at radius 3 is 1.38 bits per heavy atom. The van der Waals surface area contributed by atoms with Gasteiger partial charge in [-0.2, -0.15) is 0 Å². The van der Waals surface area contributed by atoms with Gasteiger partial charge in [-0.05, 0) is 6.92 Å². The second-order valence-corrected chi connectivity index (χ2v) is 2.94. The summed E-state index contributed by atoms with van der Waals surface area (Å²) in [6.45, 7) is 10.9. The van der Waals surface area contributed by atoms with Crippen LogP contribution in [0.25, 0.3) is 0 Å². The van der Waals surface area contributed by atoms with Crippen LogP contribution in [-0.4, -0.2) is 19.1 Å². The minimum atomic E-state index is -2.59. The maximum atomic E-state index is 12.5. The molecule has 0 atom stereocenters. The first kappa shape index (κ1) is 15.3. The lowest BCUT2D eigenvalue weighted by Gasteiger charge is -2.42. The van der Waals surface area contributed by atoms with Crippen molar-refractivity contribution in [3.63, 3.8) is 0 Å². The summed E-state index contributed by atoms with van der Waals surface area (Å²) in [6.07, 6.45) is 0. The maximum absolute atomic E-state index is 12.5. The van der Waals surface area contributed by atoms with Crippen LogP contribution in [-0.2, 0) is 4.74 Å². The number of hydrogen-bond donors (Lipinski definition) is 0. The zero-order valence-electron chi connectivity index (χ0n) is 9.58. The molecule has 0 aromatic carbocycles. The van der Waals surface area contributed by atoms with Crippen LogP contribution in [0.2, 0.25) is 0 Å². The molecule has 0 amide bonds. The molecule has 0 N–H and O–H groups in total. The van der Waals surface area contributed by atoms with Crippen molar-refractivity contribution in [1.82, 2.24) is 0 Å². The first-order valence-electron chi connectivity index (χ1n) is 4.91. The molecule has 0 spiro atoms. The number of ether oxygens (including phenoxy) is 1. The van der Waals surface area contributed by atoms with E-state index in [0.717, 1.165) is 6.92 Å². The Hall–Kier alpha value is -0.180. The van der Waals surface area contributed by atoms with Gasteiger partial charge in [0, 0.05) is 6.92 Å². The van der Waals surface area contributed by atoms with Gasteiger partial charge in [-0.25, -0.2) is 8.78 Å². The summed E-state index contributed by atoms with van der Waals surface area (Å²) >= 11 is 0. The molecule has 1 heterocycles. The Morgan fingerprint density at radius 1 is 1.08 bits per heavy atom. The van der Waals surface area contributed by atoms with Crippen molar-refractivity contribution in [1.29, 1.82) is 0 Å². The van der Waals surface area contributed by atoms with E-state index >= 15 is 0 Å². The van der Waals surface area contributed by atoms with E-state index in [0.29, 0.717) is 0 Å². The molecule has 1 rings (SSSR count). The van der Waals surface area contributed by atoms with E-state index in [-0.39, 0.29) is 13.2 Å². The van der Waals surface area contributed by atoms with Crippen molar-refractivity contribution in [2.24, 2.45) is 5.41 Å². The zero-order valence-corrected chi connectivity index (χ0v) is 9.58. The third kappa shape index (κ3) is 4.03. The summed E-state index contributed by atoms with van der Waals surface area (Å²) in [5.41, 5.74) is -0.896. The molecule has 13 heavy (non-hydrogen) atoms. The van der Waals surface area contributed by atoms with Gasteiger partial charge in [-0.3, -0.25) is 0 Å². The molecule has 3 heteroatoms. The van der Waals surface area contributed by atoms with E-state index in [9.17, 15) is 8.78 Å². The topological polar surface area (TPSA) is 9.23 Å². The summed E-state index contributed by atoms with van der Waals surface area (Å²) in [6, 6.07) is 0. The van der Waals surface area contributed by atoms with Crippen molar-refractivity contribution in [2.75, 3.05) is 13.2 Å². The average Bonchev–Trinajstić information content (AvgIpc) is 2.06. The summed E-state index contributed by atoms with van der Waals surface area (Å²) in [7, 11) is 0. The molecule has 1 fully saturated rings. The third-order valence-electron chi connectivity index (χ3n) is 1.90. The highest BCUT2D eigenvalue weighted by Gasteiger charge is 2.51. The lowest BCUT2D eigenvalue weighted by Crippen LogP contribution is -2.51. The van der Waals surface area contributed by atoms with Crippen molar-refractivity contribution in [2.45, 2.75) is 47.5 Å². The predicted octanol–water partition coefficient (Wildman–Crippen LogP) is 3.73. The Balaban J connectivity index is 0. The zero-order chi connectivity index (χ0) is 11.1. The molecule has 1 aliphatic heterocycles. The fourth-order valence-electron chi connectivity index (χ4n) is 0.662. The first-order chi connectivity index (χ1) is 5.96. The molecule has 0 radical (unpaired) electrons. The molecule has 0 aromatic rings. The molecule has 1 saturated heterocycles. The highest BCUT2D eigenvalue weighted by molar-refractivity contribution is 4.90. The lowest BCUT2D eigenvalue weighted by molar-refractivity contribution is -0.224. The van der Waals surface area contributed by atoms with Gasteiger partial charge < -0.3 is 4.74 Å². The number of alkyl halides is 2. The first-order valence-corrected chi connectivity index (χ1v) is 4.91. The Kier molecular flexibility index (Phi) is 7.41. The summed E-state index contributed by atoms with van der Waals surface area (Å²) in [5.74, 6) is -2.59. The van der Waals surface area contributed by atoms with E-state index in [1.807, 2.05) is 27.7 Å². The van der Waals surface area contributed by atoms with E-state index in [1.54, 1.807) is 0 Å². The molecular formula is C10H22F2O. The van der Waals surface area contributed by atoms with E-state index in [1.165, 1.54) is 6.92 Å². The van der Waals surface area contributed by atoms with Crippen LogP contribution in [0.1, 0.15) is 41.5 Å². The van der Waals surface area contributed by atoms with Crippen LogP contribution < -0.4 is 0 Å². The Bertz CT molecular complexity index is 115. The second kappa shape index (κ2) is 6.30. The minimum absolute atomic E-state index is 0.191. The molecule has 1 aliphatic rings. The van der Waals surface area contributed by atoms with Gasteiger partial charge in [0.2, 0.25) is 0 Å². The van der Waals surface area contributed by atoms with Gasteiger partial charge in [0.25, 0.3) is 5.92 Å². The fraction of sp³-hybridized carbons (Fsp3) is 1.00. The van der Waals surface area contributed by atoms with Crippen LogP contribution in [0.3, 0.4) is 0 Å². The van der Waals surface area contributed by atoms with Gasteiger partial charge in [0.15, 0.2) is 0 Å². The average molecular weight is 196 g/mol. The molecule has 1 nitrogen and oxygen atoms in total. The van der Waals surface area contributed by atoms with Crippen LogP contribution in [0.5, 0.6) is 0 Å². The van der Waals surface area contributed by atoms with Crippen LogP contribution in [0.4, 0.5) is 8.78 Å². The van der Waals surface area contributed by atoms with Crippen molar-refractivity contribution < 1.29 is 13.5 Å². The molecule has 0 aliphatic carbocycles. The quantitative estimate of drug-likeness (QED) is 0.621. The maximum Gasteiger partial charge on any atom is 0.255 e. The summed E-state index contributed by atoms with van der Waals surface area (Å²) in [4.78, 5) is 0. The predicted molar refractivity (Wildman–Crippen MR) is 52.2 cm³/mol. The smallest absolute Gasteiger partial charge is 0.255 e. The van der Waals surface area contributed by atoms with Crippen molar-refractivity contribution >= 4 is 0 Å². The highest BCUT2D eigenvalue weighted by Crippen LogP contribution is 2.41. The van der Waals surface area contributed by atoms with E-state index in [4.69, 9.17) is 0 Å². The molecular weight excluding hydrogens is 174 g/mol. The van der Waals surface area contributed by atoms with Gasteiger partial charge in [0.1, 0.15) is 0 Å².